The van der Waals surface area contributed by atoms with E-state index < -0.39 is 11.8 Å². The highest BCUT2D eigenvalue weighted by Crippen LogP contribution is 2.32. The maximum absolute atomic E-state index is 10.5. The second-order valence-electron chi connectivity index (χ2n) is 3.15. The van der Waals surface area contributed by atoms with Gasteiger partial charge in [-0.25, -0.2) is 4.98 Å². The number of hydrogen-bond donors (Lipinski definition) is 1. The van der Waals surface area contributed by atoms with Gasteiger partial charge in [0, 0.05) is 12.3 Å². The molecule has 0 unspecified atom stereocenters. The highest BCUT2D eigenvalue weighted by atomic mass is 32.1. The first kappa shape index (κ1) is 9.97. The van der Waals surface area contributed by atoms with E-state index in [4.69, 9.17) is 14.6 Å². The van der Waals surface area contributed by atoms with Crippen LogP contribution in [-0.4, -0.2) is 16.1 Å². The second kappa shape index (κ2) is 3.54. The fraction of sp³-hybridized carbons (Fsp3) is 0.333. The van der Waals surface area contributed by atoms with Gasteiger partial charge >= 0.3 is 5.97 Å². The number of carbonyl (C=O) groups is 1. The third-order valence-corrected chi connectivity index (χ3v) is 2.81. The fourth-order valence-corrected chi connectivity index (χ4v) is 2.07. The Balaban J connectivity index is 2.16. The lowest BCUT2D eigenvalue weighted by molar-refractivity contribution is -0.137. The van der Waals surface area contributed by atoms with E-state index in [0.29, 0.717) is 10.7 Å². The van der Waals surface area contributed by atoms with Crippen LogP contribution < -0.4 is 0 Å². The summed E-state index contributed by atoms with van der Waals surface area (Å²) in [7, 11) is 0. The van der Waals surface area contributed by atoms with E-state index in [-0.39, 0.29) is 6.42 Å². The zero-order valence-corrected chi connectivity index (χ0v) is 8.78. The first-order chi connectivity index (χ1) is 7.10. The Morgan fingerprint density at radius 1 is 1.60 bits per heavy atom. The van der Waals surface area contributed by atoms with E-state index in [1.807, 2.05) is 0 Å². The maximum atomic E-state index is 10.5. The number of carboxylic acids is 1. The van der Waals surface area contributed by atoms with Crippen molar-refractivity contribution in [3.05, 3.63) is 28.6 Å². The molecule has 1 aliphatic rings. The summed E-state index contributed by atoms with van der Waals surface area (Å²) in [6, 6.07) is 0. The number of aromatic nitrogens is 1. The summed E-state index contributed by atoms with van der Waals surface area (Å²) in [5.74, 6) is -1.81. The van der Waals surface area contributed by atoms with E-state index in [2.05, 4.69) is 4.98 Å². The first-order valence-corrected chi connectivity index (χ1v) is 5.15. The van der Waals surface area contributed by atoms with Gasteiger partial charge in [-0.15, -0.1) is 11.3 Å². The SMILES string of the molecule is CC1(c2csc(CC(=O)O)n2)OC=CO1. The molecule has 2 heterocycles. The summed E-state index contributed by atoms with van der Waals surface area (Å²) in [5, 5.41) is 10.9. The molecule has 0 aromatic carbocycles. The minimum absolute atomic E-state index is 0.0752. The number of aliphatic carboxylic acids is 1. The molecule has 1 aliphatic heterocycles. The zero-order valence-electron chi connectivity index (χ0n) is 7.97. The van der Waals surface area contributed by atoms with Crippen LogP contribution in [0.25, 0.3) is 0 Å². The molecule has 6 heteroatoms. The van der Waals surface area contributed by atoms with Crippen LogP contribution >= 0.6 is 11.3 Å². The Kier molecular flexibility index (Phi) is 2.36. The van der Waals surface area contributed by atoms with Gasteiger partial charge in [0.1, 0.15) is 23.2 Å². The molecule has 0 radical (unpaired) electrons. The van der Waals surface area contributed by atoms with E-state index in [1.165, 1.54) is 23.9 Å². The van der Waals surface area contributed by atoms with Crippen LogP contribution in [0, 0.1) is 0 Å². The number of hydrogen-bond acceptors (Lipinski definition) is 5. The molecular formula is C9H9NO4S. The average Bonchev–Trinajstić information content (AvgIpc) is 2.74. The van der Waals surface area contributed by atoms with Gasteiger partial charge < -0.3 is 14.6 Å². The molecule has 0 saturated carbocycles. The lowest BCUT2D eigenvalue weighted by Crippen LogP contribution is -2.22. The van der Waals surface area contributed by atoms with E-state index >= 15 is 0 Å². The molecule has 15 heavy (non-hydrogen) atoms. The predicted molar refractivity (Wildman–Crippen MR) is 52.1 cm³/mol. The third-order valence-electron chi connectivity index (χ3n) is 1.96. The first-order valence-electron chi connectivity index (χ1n) is 4.27. The predicted octanol–water partition coefficient (Wildman–Crippen LogP) is 1.46. The molecule has 1 N–H and O–H groups in total. The van der Waals surface area contributed by atoms with Crippen molar-refractivity contribution in [3.8, 4) is 0 Å². The van der Waals surface area contributed by atoms with Crippen LogP contribution in [0.1, 0.15) is 17.6 Å². The van der Waals surface area contributed by atoms with Gasteiger partial charge in [-0.3, -0.25) is 4.79 Å². The molecule has 0 amide bonds. The number of ether oxygens (including phenoxy) is 2. The summed E-state index contributed by atoms with van der Waals surface area (Å²) in [6.07, 6.45) is 2.81. The molecular weight excluding hydrogens is 218 g/mol. The maximum Gasteiger partial charge on any atom is 0.310 e. The van der Waals surface area contributed by atoms with Crippen molar-refractivity contribution < 1.29 is 19.4 Å². The normalized spacial score (nSPS) is 17.1. The van der Waals surface area contributed by atoms with Crippen LogP contribution in [-0.2, 0) is 26.5 Å². The summed E-state index contributed by atoms with van der Waals surface area (Å²) >= 11 is 1.28. The summed E-state index contributed by atoms with van der Waals surface area (Å²) in [4.78, 5) is 14.6. The number of thiazole rings is 1. The Bertz CT molecular complexity index is 404. The van der Waals surface area contributed by atoms with Crippen molar-refractivity contribution in [2.75, 3.05) is 0 Å². The summed E-state index contributed by atoms with van der Waals surface area (Å²) in [6.45, 7) is 1.73. The molecule has 0 bridgehead atoms. The quantitative estimate of drug-likeness (QED) is 0.846. The third kappa shape index (κ3) is 1.94. The standard InChI is InChI=1S/C9H9NO4S/c1-9(13-2-3-14-9)6-5-15-7(10-6)4-8(11)12/h2-3,5H,4H2,1H3,(H,11,12). The molecule has 1 aromatic heterocycles. The molecule has 0 fully saturated rings. The molecule has 0 saturated heterocycles. The smallest absolute Gasteiger partial charge is 0.310 e. The lowest BCUT2D eigenvalue weighted by atomic mass is 10.2. The number of rotatable bonds is 3. The molecule has 5 nitrogen and oxygen atoms in total. The van der Waals surface area contributed by atoms with Crippen molar-refractivity contribution in [2.45, 2.75) is 19.1 Å². The van der Waals surface area contributed by atoms with E-state index in [0.717, 1.165) is 0 Å². The Morgan fingerprint density at radius 2 is 2.27 bits per heavy atom. The van der Waals surface area contributed by atoms with Gasteiger partial charge in [-0.2, -0.15) is 0 Å². The van der Waals surface area contributed by atoms with E-state index in [9.17, 15) is 4.79 Å². The second-order valence-corrected chi connectivity index (χ2v) is 4.09. The van der Waals surface area contributed by atoms with Gasteiger partial charge in [0.25, 0.3) is 5.79 Å². The molecule has 0 spiro atoms. The van der Waals surface area contributed by atoms with Crippen molar-refractivity contribution >= 4 is 17.3 Å². The fourth-order valence-electron chi connectivity index (χ4n) is 1.19. The van der Waals surface area contributed by atoms with Crippen molar-refractivity contribution in [1.82, 2.24) is 4.98 Å². The summed E-state index contributed by atoms with van der Waals surface area (Å²) in [5.41, 5.74) is 0.591. The van der Waals surface area contributed by atoms with Crippen LogP contribution in [0.2, 0.25) is 0 Å². The molecule has 2 rings (SSSR count). The molecule has 1 aromatic rings. The van der Waals surface area contributed by atoms with Crippen molar-refractivity contribution in [3.63, 3.8) is 0 Å². The highest BCUT2D eigenvalue weighted by molar-refractivity contribution is 7.09. The number of nitrogens with zero attached hydrogens (tertiary/aromatic N) is 1. The van der Waals surface area contributed by atoms with Gasteiger partial charge in [0.15, 0.2) is 0 Å². The van der Waals surface area contributed by atoms with Crippen LogP contribution in [0.5, 0.6) is 0 Å². The van der Waals surface area contributed by atoms with Gasteiger partial charge in [0.2, 0.25) is 0 Å². The zero-order chi connectivity index (χ0) is 10.9. The largest absolute Gasteiger partial charge is 0.481 e. The Morgan fingerprint density at radius 3 is 2.87 bits per heavy atom. The minimum atomic E-state index is -0.909. The lowest BCUT2D eigenvalue weighted by Gasteiger charge is -2.20. The Hall–Kier alpha value is -1.56. The molecule has 80 valence electrons. The average molecular weight is 227 g/mol. The van der Waals surface area contributed by atoms with Crippen LogP contribution in [0.4, 0.5) is 0 Å². The molecule has 0 atom stereocenters. The topological polar surface area (TPSA) is 68.7 Å². The highest BCUT2D eigenvalue weighted by Gasteiger charge is 2.34. The summed E-state index contributed by atoms with van der Waals surface area (Å²) < 4.78 is 10.5. The van der Waals surface area contributed by atoms with Crippen molar-refractivity contribution in [2.24, 2.45) is 0 Å². The minimum Gasteiger partial charge on any atom is -0.481 e. The van der Waals surface area contributed by atoms with Crippen LogP contribution in [0.15, 0.2) is 17.9 Å². The van der Waals surface area contributed by atoms with Crippen molar-refractivity contribution in [1.29, 1.82) is 0 Å². The van der Waals surface area contributed by atoms with E-state index in [1.54, 1.807) is 12.3 Å². The van der Waals surface area contributed by atoms with Gasteiger partial charge in [-0.05, 0) is 0 Å². The van der Waals surface area contributed by atoms with Gasteiger partial charge in [0.05, 0.1) is 6.42 Å². The number of carboxylic acid groups (broad SMARTS) is 1. The Labute approximate surface area is 90.0 Å². The molecule has 0 aliphatic carbocycles. The van der Waals surface area contributed by atoms with Crippen LogP contribution in [0.3, 0.4) is 0 Å². The monoisotopic (exact) mass is 227 g/mol. The van der Waals surface area contributed by atoms with Gasteiger partial charge in [-0.1, -0.05) is 0 Å².